The van der Waals surface area contributed by atoms with Crippen molar-refractivity contribution >= 4 is 15.3 Å². The molecule has 0 aliphatic carbocycles. The van der Waals surface area contributed by atoms with Gasteiger partial charge < -0.3 is 14.6 Å². The zero-order chi connectivity index (χ0) is 11.6. The van der Waals surface area contributed by atoms with Crippen LogP contribution in [0.15, 0.2) is 0 Å². The number of hydrogen-bond donors (Lipinski definition) is 2. The number of ether oxygens (including phenoxy) is 2. The molecule has 0 aromatic carbocycles. The number of aliphatic hydroxyl groups is 1. The number of nitrogens with two attached hydrogens (primary N) is 1. The van der Waals surface area contributed by atoms with Gasteiger partial charge in [0.1, 0.15) is 12.7 Å². The summed E-state index contributed by atoms with van der Waals surface area (Å²) in [6.45, 7) is 1.44. The van der Waals surface area contributed by atoms with Gasteiger partial charge in [-0.1, -0.05) is 0 Å². The summed E-state index contributed by atoms with van der Waals surface area (Å²) in [6.07, 6.45) is -1.16. The maximum absolute atomic E-state index is 10.7. The van der Waals surface area contributed by atoms with Crippen LogP contribution < -0.4 is 5.14 Å². The van der Waals surface area contributed by atoms with Crippen LogP contribution in [0.1, 0.15) is 13.3 Å². The molecule has 0 amide bonds. The fourth-order valence-corrected chi connectivity index (χ4v) is 1.55. The van der Waals surface area contributed by atoms with Crippen LogP contribution in [-0.2, 0) is 19.5 Å². The van der Waals surface area contributed by atoms with Gasteiger partial charge >= 0.3 is 15.3 Å². The maximum atomic E-state index is 10.7. The van der Waals surface area contributed by atoms with Crippen molar-refractivity contribution in [3.63, 3.8) is 0 Å². The molecule has 8 heteroatoms. The third-order valence-corrected chi connectivity index (χ3v) is 2.59. The van der Waals surface area contributed by atoms with Crippen molar-refractivity contribution in [3.05, 3.63) is 0 Å². The van der Waals surface area contributed by atoms with Crippen LogP contribution >= 0.6 is 0 Å². The molecule has 0 aromatic rings. The van der Waals surface area contributed by atoms with Gasteiger partial charge in [0.2, 0.25) is 0 Å². The van der Waals surface area contributed by atoms with E-state index in [1.807, 2.05) is 0 Å². The molecule has 0 spiro atoms. The molecule has 1 aliphatic heterocycles. The second-order valence-corrected chi connectivity index (χ2v) is 4.82. The second kappa shape index (κ2) is 4.44. The zero-order valence-electron chi connectivity index (χ0n) is 8.12. The Kier molecular flexibility index (Phi) is 3.66. The normalized spacial score (nSPS) is 31.5. The van der Waals surface area contributed by atoms with Crippen LogP contribution in [0, 0.1) is 0 Å². The van der Waals surface area contributed by atoms with Crippen molar-refractivity contribution in [2.24, 2.45) is 5.14 Å². The van der Waals surface area contributed by atoms with E-state index >= 15 is 0 Å². The quantitative estimate of drug-likeness (QED) is 0.594. The first-order chi connectivity index (χ1) is 6.80. The SMILES string of the molecule is C[C@H]1CC(O)[C@@H](COC(=O)S(N)(=O)=O)O1. The molecular weight excluding hydrogens is 226 g/mol. The van der Waals surface area contributed by atoms with Gasteiger partial charge in [0.05, 0.1) is 12.2 Å². The van der Waals surface area contributed by atoms with Crippen LogP contribution in [0.4, 0.5) is 4.79 Å². The summed E-state index contributed by atoms with van der Waals surface area (Å²) in [5.74, 6) is 0. The monoisotopic (exact) mass is 239 g/mol. The van der Waals surface area contributed by atoms with E-state index in [2.05, 4.69) is 9.88 Å². The van der Waals surface area contributed by atoms with Crippen LogP contribution in [-0.4, -0.2) is 43.7 Å². The van der Waals surface area contributed by atoms with Crippen molar-refractivity contribution < 1.29 is 27.8 Å². The standard InChI is InChI=1S/C7H13NO6S/c1-4-2-5(9)6(14-4)3-13-7(10)15(8,11)12/h4-6,9H,2-3H2,1H3,(H2,8,11,12)/t4-,5?,6+/m0/s1. The predicted octanol–water partition coefficient (Wildman–Crippen LogP) is -1.05. The molecule has 0 bridgehead atoms. The van der Waals surface area contributed by atoms with Crippen LogP contribution in [0.2, 0.25) is 0 Å². The fraction of sp³-hybridized carbons (Fsp3) is 0.857. The third-order valence-electron chi connectivity index (χ3n) is 2.01. The van der Waals surface area contributed by atoms with Crippen molar-refractivity contribution in [1.82, 2.24) is 0 Å². The number of sulfonamides is 1. The summed E-state index contributed by atoms with van der Waals surface area (Å²) in [5.41, 5.74) is 0. The largest absolute Gasteiger partial charge is 0.450 e. The Labute approximate surface area is 87.2 Å². The lowest BCUT2D eigenvalue weighted by molar-refractivity contribution is -0.0185. The molecule has 15 heavy (non-hydrogen) atoms. The van der Waals surface area contributed by atoms with E-state index in [0.717, 1.165) is 0 Å². The average molecular weight is 239 g/mol. The highest BCUT2D eigenvalue weighted by molar-refractivity contribution is 8.03. The summed E-state index contributed by atoms with van der Waals surface area (Å²) in [4.78, 5) is 10.7. The predicted molar refractivity (Wildman–Crippen MR) is 49.4 cm³/mol. The van der Waals surface area contributed by atoms with Gasteiger partial charge in [-0.2, -0.15) is 0 Å². The van der Waals surface area contributed by atoms with E-state index in [9.17, 15) is 18.3 Å². The van der Waals surface area contributed by atoms with E-state index in [4.69, 9.17) is 4.74 Å². The van der Waals surface area contributed by atoms with Crippen molar-refractivity contribution in [2.75, 3.05) is 6.61 Å². The van der Waals surface area contributed by atoms with Crippen LogP contribution in [0.3, 0.4) is 0 Å². The second-order valence-electron chi connectivity index (χ2n) is 3.39. The first-order valence-electron chi connectivity index (χ1n) is 4.34. The number of carbonyl (C=O) groups is 1. The number of aliphatic hydroxyl groups excluding tert-OH is 1. The minimum absolute atomic E-state index is 0.141. The van der Waals surface area contributed by atoms with Gasteiger partial charge in [-0.05, 0) is 6.92 Å². The average Bonchev–Trinajstić information content (AvgIpc) is 2.39. The zero-order valence-corrected chi connectivity index (χ0v) is 8.94. The lowest BCUT2D eigenvalue weighted by Crippen LogP contribution is -2.31. The summed E-state index contributed by atoms with van der Waals surface area (Å²) in [5, 5.41) is 12.4. The smallest absolute Gasteiger partial charge is 0.439 e. The van der Waals surface area contributed by atoms with E-state index in [-0.39, 0.29) is 12.7 Å². The maximum Gasteiger partial charge on any atom is 0.439 e. The molecule has 1 unspecified atom stereocenters. The minimum Gasteiger partial charge on any atom is -0.450 e. The van der Waals surface area contributed by atoms with E-state index in [1.165, 1.54) is 0 Å². The molecular formula is C7H13NO6S. The summed E-state index contributed by atoms with van der Waals surface area (Å²) < 4.78 is 30.5. The van der Waals surface area contributed by atoms with Gasteiger partial charge in [0.15, 0.2) is 0 Å². The Balaban J connectivity index is 2.42. The highest BCUT2D eigenvalue weighted by Crippen LogP contribution is 2.20. The van der Waals surface area contributed by atoms with E-state index < -0.39 is 27.5 Å². The van der Waals surface area contributed by atoms with Gasteiger partial charge in [-0.25, -0.2) is 18.4 Å². The fourth-order valence-electron chi connectivity index (χ4n) is 1.32. The first kappa shape index (κ1) is 12.4. The number of carbonyl (C=O) groups excluding carboxylic acids is 1. The number of primary sulfonamides is 1. The Hall–Kier alpha value is -0.700. The highest BCUT2D eigenvalue weighted by atomic mass is 32.2. The van der Waals surface area contributed by atoms with Gasteiger partial charge in [0.25, 0.3) is 0 Å². The Morgan fingerprint density at radius 2 is 2.27 bits per heavy atom. The van der Waals surface area contributed by atoms with Crippen molar-refractivity contribution in [3.8, 4) is 0 Å². The summed E-state index contributed by atoms with van der Waals surface area (Å²) >= 11 is 0. The van der Waals surface area contributed by atoms with Gasteiger partial charge in [-0.3, -0.25) is 0 Å². The lowest BCUT2D eigenvalue weighted by Gasteiger charge is -2.13. The number of hydrogen-bond acceptors (Lipinski definition) is 6. The molecule has 1 rings (SSSR count). The molecule has 1 fully saturated rings. The molecule has 0 aromatic heterocycles. The van der Waals surface area contributed by atoms with Crippen molar-refractivity contribution in [2.45, 2.75) is 31.7 Å². The number of rotatable bonds is 2. The first-order valence-corrected chi connectivity index (χ1v) is 5.88. The summed E-state index contributed by atoms with van der Waals surface area (Å²) in [7, 11) is -4.32. The lowest BCUT2D eigenvalue weighted by atomic mass is 10.1. The van der Waals surface area contributed by atoms with Gasteiger partial charge in [0, 0.05) is 6.42 Å². The van der Waals surface area contributed by atoms with Crippen LogP contribution in [0.25, 0.3) is 0 Å². The summed E-state index contributed by atoms with van der Waals surface area (Å²) in [6, 6.07) is 0. The minimum atomic E-state index is -4.32. The van der Waals surface area contributed by atoms with E-state index in [1.54, 1.807) is 6.92 Å². The van der Waals surface area contributed by atoms with Gasteiger partial charge in [-0.15, -0.1) is 0 Å². The molecule has 1 aliphatic rings. The Morgan fingerprint density at radius 1 is 1.67 bits per heavy atom. The topological polar surface area (TPSA) is 116 Å². The third kappa shape index (κ3) is 3.42. The molecule has 1 heterocycles. The molecule has 1 saturated heterocycles. The molecule has 7 nitrogen and oxygen atoms in total. The van der Waals surface area contributed by atoms with Crippen molar-refractivity contribution in [1.29, 1.82) is 0 Å². The van der Waals surface area contributed by atoms with Crippen LogP contribution in [0.5, 0.6) is 0 Å². The molecule has 3 atom stereocenters. The Bertz CT molecular complexity index is 339. The molecule has 88 valence electrons. The molecule has 3 N–H and O–H groups in total. The molecule has 0 radical (unpaired) electrons. The van der Waals surface area contributed by atoms with E-state index in [0.29, 0.717) is 6.42 Å². The molecule has 0 saturated carbocycles. The Morgan fingerprint density at radius 3 is 2.67 bits per heavy atom. The highest BCUT2D eigenvalue weighted by Gasteiger charge is 2.33.